The van der Waals surface area contributed by atoms with Gasteiger partial charge in [-0.3, -0.25) is 14.9 Å². The molecule has 0 bridgehead atoms. The second kappa shape index (κ2) is 8.63. The van der Waals surface area contributed by atoms with E-state index in [1.807, 2.05) is 0 Å². The SMILES string of the molecule is O=C(COC(=O)c1cccs1)NCCNc1ccc([N+](=O)[O-])cc1. The largest absolute Gasteiger partial charge is 0.451 e. The quantitative estimate of drug-likeness (QED) is 0.326. The number of carbonyl (C=O) groups excluding carboxylic acids is 2. The van der Waals surface area contributed by atoms with Crippen LogP contribution in [-0.2, 0) is 9.53 Å². The molecule has 1 amide bonds. The number of thiophene rings is 1. The van der Waals surface area contributed by atoms with E-state index in [1.54, 1.807) is 29.6 Å². The van der Waals surface area contributed by atoms with Crippen LogP contribution in [0.4, 0.5) is 11.4 Å². The Morgan fingerprint density at radius 3 is 2.54 bits per heavy atom. The molecule has 1 aromatic heterocycles. The summed E-state index contributed by atoms with van der Waals surface area (Å²) >= 11 is 1.25. The van der Waals surface area contributed by atoms with Gasteiger partial charge < -0.3 is 15.4 Å². The van der Waals surface area contributed by atoms with Gasteiger partial charge in [0.2, 0.25) is 0 Å². The molecule has 2 N–H and O–H groups in total. The Morgan fingerprint density at radius 1 is 1.17 bits per heavy atom. The molecule has 1 heterocycles. The van der Waals surface area contributed by atoms with Crippen molar-refractivity contribution in [2.24, 2.45) is 0 Å². The average Bonchev–Trinajstić information content (AvgIpc) is 3.11. The molecule has 2 rings (SSSR count). The van der Waals surface area contributed by atoms with Gasteiger partial charge in [0.15, 0.2) is 6.61 Å². The lowest BCUT2D eigenvalue weighted by atomic mass is 10.3. The molecule has 0 fully saturated rings. The topological polar surface area (TPSA) is 111 Å². The molecule has 8 nitrogen and oxygen atoms in total. The predicted molar refractivity (Wildman–Crippen MR) is 89.2 cm³/mol. The molecule has 1 aromatic carbocycles. The Labute approximate surface area is 141 Å². The first-order valence-corrected chi connectivity index (χ1v) is 7.90. The van der Waals surface area contributed by atoms with Crippen molar-refractivity contribution in [3.63, 3.8) is 0 Å². The maximum Gasteiger partial charge on any atom is 0.348 e. The number of rotatable bonds is 8. The zero-order chi connectivity index (χ0) is 17.4. The van der Waals surface area contributed by atoms with E-state index in [9.17, 15) is 19.7 Å². The van der Waals surface area contributed by atoms with Crippen LogP contribution >= 0.6 is 11.3 Å². The third-order valence-corrected chi connectivity index (χ3v) is 3.76. The minimum atomic E-state index is -0.524. The molecule has 0 saturated heterocycles. The van der Waals surface area contributed by atoms with E-state index >= 15 is 0 Å². The molecule has 0 atom stereocenters. The summed E-state index contributed by atoms with van der Waals surface area (Å²) in [6.45, 7) is 0.420. The monoisotopic (exact) mass is 349 g/mol. The van der Waals surface area contributed by atoms with E-state index < -0.39 is 16.8 Å². The Morgan fingerprint density at radius 2 is 1.92 bits per heavy atom. The second-order valence-electron chi connectivity index (χ2n) is 4.63. The number of carbonyl (C=O) groups is 2. The van der Waals surface area contributed by atoms with Gasteiger partial charge in [0, 0.05) is 30.9 Å². The van der Waals surface area contributed by atoms with Crippen LogP contribution in [0.25, 0.3) is 0 Å². The van der Waals surface area contributed by atoms with Crippen LogP contribution in [-0.4, -0.2) is 36.5 Å². The van der Waals surface area contributed by atoms with Crippen LogP contribution in [0.15, 0.2) is 41.8 Å². The maximum atomic E-state index is 11.6. The molecule has 0 aliphatic heterocycles. The van der Waals surface area contributed by atoms with Crippen LogP contribution < -0.4 is 10.6 Å². The lowest BCUT2D eigenvalue weighted by Gasteiger charge is -2.08. The van der Waals surface area contributed by atoms with Crippen molar-refractivity contribution in [1.29, 1.82) is 0 Å². The summed E-state index contributed by atoms with van der Waals surface area (Å²) in [7, 11) is 0. The van der Waals surface area contributed by atoms with Gasteiger partial charge in [-0.1, -0.05) is 6.07 Å². The number of amides is 1. The number of nitrogens with zero attached hydrogens (tertiary/aromatic N) is 1. The predicted octanol–water partition coefficient (Wildman–Crippen LogP) is 2.04. The molecule has 0 radical (unpaired) electrons. The minimum Gasteiger partial charge on any atom is -0.451 e. The summed E-state index contributed by atoms with van der Waals surface area (Å²) in [4.78, 5) is 33.6. The molecule has 0 aliphatic carbocycles. The van der Waals surface area contributed by atoms with Crippen molar-refractivity contribution in [1.82, 2.24) is 5.32 Å². The number of nitro benzene ring substituents is 1. The first-order valence-electron chi connectivity index (χ1n) is 7.02. The van der Waals surface area contributed by atoms with Gasteiger partial charge in [-0.25, -0.2) is 4.79 Å². The number of hydrogen-bond donors (Lipinski definition) is 2. The molecule has 24 heavy (non-hydrogen) atoms. The highest BCUT2D eigenvalue weighted by Gasteiger charge is 2.10. The van der Waals surface area contributed by atoms with Gasteiger partial charge in [0.25, 0.3) is 11.6 Å². The van der Waals surface area contributed by atoms with E-state index in [2.05, 4.69) is 10.6 Å². The van der Waals surface area contributed by atoms with Crippen molar-refractivity contribution < 1.29 is 19.2 Å². The van der Waals surface area contributed by atoms with Gasteiger partial charge in [0.05, 0.1) is 4.92 Å². The molecule has 0 saturated carbocycles. The number of benzene rings is 1. The van der Waals surface area contributed by atoms with Crippen LogP contribution in [0.1, 0.15) is 9.67 Å². The molecular formula is C15H15N3O5S. The van der Waals surface area contributed by atoms with Gasteiger partial charge in [-0.15, -0.1) is 11.3 Å². The van der Waals surface area contributed by atoms with Crippen LogP contribution in [0.3, 0.4) is 0 Å². The van der Waals surface area contributed by atoms with Gasteiger partial charge in [-0.2, -0.15) is 0 Å². The van der Waals surface area contributed by atoms with E-state index in [-0.39, 0.29) is 12.3 Å². The molecule has 0 unspecified atom stereocenters. The van der Waals surface area contributed by atoms with E-state index in [0.717, 1.165) is 0 Å². The fourth-order valence-electron chi connectivity index (χ4n) is 1.76. The Balaban J connectivity index is 1.62. The van der Waals surface area contributed by atoms with E-state index in [1.165, 1.54) is 23.5 Å². The smallest absolute Gasteiger partial charge is 0.348 e. The van der Waals surface area contributed by atoms with Crippen molar-refractivity contribution >= 4 is 34.6 Å². The highest BCUT2D eigenvalue weighted by Crippen LogP contribution is 2.14. The third kappa shape index (κ3) is 5.36. The van der Waals surface area contributed by atoms with E-state index in [4.69, 9.17) is 4.74 Å². The van der Waals surface area contributed by atoms with Gasteiger partial charge >= 0.3 is 5.97 Å². The summed E-state index contributed by atoms with van der Waals surface area (Å²) in [5.41, 5.74) is 0.723. The normalized spacial score (nSPS) is 10.0. The molecule has 0 aliphatic rings. The van der Waals surface area contributed by atoms with Gasteiger partial charge in [-0.05, 0) is 23.6 Å². The zero-order valence-electron chi connectivity index (χ0n) is 12.6. The Hall–Kier alpha value is -2.94. The second-order valence-corrected chi connectivity index (χ2v) is 5.58. The average molecular weight is 349 g/mol. The Bertz CT molecular complexity index is 700. The fraction of sp³-hybridized carbons (Fsp3) is 0.200. The molecular weight excluding hydrogens is 334 g/mol. The van der Waals surface area contributed by atoms with Crippen molar-refractivity contribution in [2.75, 3.05) is 25.0 Å². The third-order valence-electron chi connectivity index (χ3n) is 2.91. The highest BCUT2D eigenvalue weighted by molar-refractivity contribution is 7.11. The number of ether oxygens (including phenoxy) is 1. The summed E-state index contributed by atoms with van der Waals surface area (Å²) in [6.07, 6.45) is 0. The molecule has 0 spiro atoms. The Kier molecular flexibility index (Phi) is 6.26. The van der Waals surface area contributed by atoms with Gasteiger partial charge in [0.1, 0.15) is 4.88 Å². The first-order chi connectivity index (χ1) is 11.6. The fourth-order valence-corrected chi connectivity index (χ4v) is 2.37. The number of nitrogens with one attached hydrogen (secondary N) is 2. The minimum absolute atomic E-state index is 0.0152. The van der Waals surface area contributed by atoms with Crippen LogP contribution in [0.2, 0.25) is 0 Å². The van der Waals surface area contributed by atoms with Crippen LogP contribution in [0, 0.1) is 10.1 Å². The number of non-ortho nitro benzene ring substituents is 1. The van der Waals surface area contributed by atoms with Crippen molar-refractivity contribution in [2.45, 2.75) is 0 Å². The summed E-state index contributed by atoms with van der Waals surface area (Å²) in [6, 6.07) is 9.31. The number of anilines is 1. The lowest BCUT2D eigenvalue weighted by Crippen LogP contribution is -2.32. The highest BCUT2D eigenvalue weighted by atomic mass is 32.1. The van der Waals surface area contributed by atoms with Crippen molar-refractivity contribution in [3.05, 3.63) is 56.8 Å². The summed E-state index contributed by atoms with van der Waals surface area (Å²) in [5, 5.41) is 17.9. The molecule has 9 heteroatoms. The molecule has 2 aromatic rings. The number of esters is 1. The number of hydrogen-bond acceptors (Lipinski definition) is 7. The first kappa shape index (κ1) is 17.4. The summed E-state index contributed by atoms with van der Waals surface area (Å²) < 4.78 is 4.87. The van der Waals surface area contributed by atoms with E-state index in [0.29, 0.717) is 23.7 Å². The summed E-state index contributed by atoms with van der Waals surface area (Å²) in [5.74, 6) is -0.922. The number of nitro groups is 1. The standard InChI is InChI=1S/C15H15N3O5S/c19-14(10-23-15(20)13-2-1-9-24-13)17-8-7-16-11-3-5-12(6-4-11)18(21)22/h1-6,9,16H,7-8,10H2,(H,17,19). The van der Waals surface area contributed by atoms with Crippen molar-refractivity contribution in [3.8, 4) is 0 Å². The molecule has 126 valence electrons. The lowest BCUT2D eigenvalue weighted by molar-refractivity contribution is -0.384. The zero-order valence-corrected chi connectivity index (χ0v) is 13.4. The van der Waals surface area contributed by atoms with Crippen LogP contribution in [0.5, 0.6) is 0 Å². The maximum absolute atomic E-state index is 11.6.